The minimum Gasteiger partial charge on any atom is -0.492 e. The molecule has 0 bridgehead atoms. The molecular formula is C12H15NO13. The molecule has 3 heterocycles. The SMILES string of the molecule is CC1(O)C2C(OC1(O)O)OC(O)(O)C2(O)OC(=O)On1c(O)ccc1O. The summed E-state index contributed by atoms with van der Waals surface area (Å²) < 4.78 is 13.5. The molecule has 0 saturated carbocycles. The van der Waals surface area contributed by atoms with Gasteiger partial charge in [-0.3, -0.25) is 14.3 Å². The predicted molar refractivity (Wildman–Crippen MR) is 70.2 cm³/mol. The third-order valence-electron chi connectivity index (χ3n) is 4.19. The molecule has 14 heteroatoms. The lowest BCUT2D eigenvalue weighted by Crippen LogP contribution is -2.65. The van der Waals surface area contributed by atoms with Crippen LogP contribution in [0.15, 0.2) is 12.1 Å². The average molecular weight is 381 g/mol. The van der Waals surface area contributed by atoms with E-state index in [0.29, 0.717) is 0 Å². The van der Waals surface area contributed by atoms with Crippen molar-refractivity contribution in [3.05, 3.63) is 12.1 Å². The van der Waals surface area contributed by atoms with Crippen LogP contribution >= 0.6 is 0 Å². The van der Waals surface area contributed by atoms with E-state index in [1.54, 1.807) is 0 Å². The normalized spacial score (nSPS) is 37.3. The van der Waals surface area contributed by atoms with Gasteiger partial charge in [-0.05, 0) is 6.92 Å². The van der Waals surface area contributed by atoms with Crippen LogP contribution in [0.25, 0.3) is 0 Å². The van der Waals surface area contributed by atoms with Crippen LogP contribution in [0.1, 0.15) is 6.92 Å². The first-order valence-electron chi connectivity index (χ1n) is 6.94. The van der Waals surface area contributed by atoms with Gasteiger partial charge >= 0.3 is 23.9 Å². The zero-order chi connectivity index (χ0) is 19.7. The second-order valence-corrected chi connectivity index (χ2v) is 5.93. The van der Waals surface area contributed by atoms with E-state index in [1.807, 2.05) is 0 Å². The van der Waals surface area contributed by atoms with E-state index in [2.05, 4.69) is 19.0 Å². The fourth-order valence-corrected chi connectivity index (χ4v) is 2.77. The fraction of sp³-hybridized carbons (Fsp3) is 0.583. The van der Waals surface area contributed by atoms with Crippen molar-refractivity contribution in [3.8, 4) is 11.8 Å². The van der Waals surface area contributed by atoms with E-state index in [9.17, 15) is 45.6 Å². The molecule has 0 radical (unpaired) electrons. The van der Waals surface area contributed by atoms with Gasteiger partial charge in [-0.25, -0.2) is 4.79 Å². The number of carbonyl (C=O) groups excluding carboxylic acids is 1. The number of aromatic hydroxyl groups is 2. The Kier molecular flexibility index (Phi) is 3.71. The van der Waals surface area contributed by atoms with Gasteiger partial charge in [0.15, 0.2) is 11.9 Å². The first-order chi connectivity index (χ1) is 11.7. The average Bonchev–Trinajstić information content (AvgIpc) is 2.93. The summed E-state index contributed by atoms with van der Waals surface area (Å²) in [5.74, 6) is -14.2. The summed E-state index contributed by atoms with van der Waals surface area (Å²) in [6.07, 6.45) is -3.93. The van der Waals surface area contributed by atoms with Crippen molar-refractivity contribution >= 4 is 6.16 Å². The van der Waals surface area contributed by atoms with Crippen LogP contribution < -0.4 is 4.84 Å². The highest BCUT2D eigenvalue weighted by atomic mass is 16.9. The Morgan fingerprint density at radius 1 is 1.04 bits per heavy atom. The highest BCUT2D eigenvalue weighted by Crippen LogP contribution is 2.55. The lowest BCUT2D eigenvalue weighted by atomic mass is 9.82. The summed E-state index contributed by atoms with van der Waals surface area (Å²) in [5.41, 5.74) is -2.82. The van der Waals surface area contributed by atoms with Crippen LogP contribution in [-0.4, -0.2) is 81.4 Å². The van der Waals surface area contributed by atoms with E-state index in [1.165, 1.54) is 0 Å². The Labute approximate surface area is 143 Å². The molecule has 146 valence electrons. The predicted octanol–water partition coefficient (Wildman–Crippen LogP) is -3.82. The maximum Gasteiger partial charge on any atom is 0.536 e. The summed E-state index contributed by atoms with van der Waals surface area (Å²) in [6, 6.07) is 1.85. The van der Waals surface area contributed by atoms with E-state index < -0.39 is 53.5 Å². The molecule has 0 aromatic carbocycles. The van der Waals surface area contributed by atoms with Crippen molar-refractivity contribution in [1.29, 1.82) is 0 Å². The van der Waals surface area contributed by atoms with E-state index in [4.69, 9.17) is 0 Å². The molecule has 0 amide bonds. The van der Waals surface area contributed by atoms with E-state index in [-0.39, 0.29) is 4.73 Å². The molecule has 2 fully saturated rings. The molecule has 4 atom stereocenters. The van der Waals surface area contributed by atoms with Gasteiger partial charge in [-0.2, -0.15) is 0 Å². The molecule has 1 aromatic rings. The monoisotopic (exact) mass is 381 g/mol. The smallest absolute Gasteiger partial charge is 0.492 e. The second-order valence-electron chi connectivity index (χ2n) is 5.93. The fourth-order valence-electron chi connectivity index (χ4n) is 2.77. The molecule has 2 saturated heterocycles. The van der Waals surface area contributed by atoms with Gasteiger partial charge in [0.25, 0.3) is 0 Å². The lowest BCUT2D eigenvalue weighted by molar-refractivity contribution is -0.477. The number of ether oxygens (including phenoxy) is 3. The van der Waals surface area contributed by atoms with Crippen LogP contribution in [0.2, 0.25) is 0 Å². The molecule has 2 aliphatic rings. The number of hydrogen-bond acceptors (Lipinski definition) is 13. The Morgan fingerprint density at radius 2 is 1.54 bits per heavy atom. The molecule has 0 aliphatic carbocycles. The van der Waals surface area contributed by atoms with Crippen molar-refractivity contribution < 1.29 is 64.7 Å². The number of rotatable bonds is 2. The first kappa shape index (κ1) is 18.6. The topological polar surface area (TPSA) is 221 Å². The maximum absolute atomic E-state index is 11.9. The van der Waals surface area contributed by atoms with Crippen molar-refractivity contribution in [2.24, 2.45) is 5.92 Å². The van der Waals surface area contributed by atoms with Gasteiger partial charge in [-0.1, -0.05) is 0 Å². The number of aliphatic hydroxyl groups is 6. The lowest BCUT2D eigenvalue weighted by Gasteiger charge is -2.39. The van der Waals surface area contributed by atoms with Gasteiger partial charge in [0.2, 0.25) is 11.8 Å². The standard InChI is InChI=1S/C12H15NO13/c1-9(17)6-7(23-11(9,19)20)24-12(21,22)10(6,18)25-8(16)26-13-4(14)2-3-5(13)15/h2-3,6-7,14-15,17-22H,1H3. The van der Waals surface area contributed by atoms with Crippen molar-refractivity contribution in [1.82, 2.24) is 4.73 Å². The van der Waals surface area contributed by atoms with E-state index in [0.717, 1.165) is 19.1 Å². The minimum absolute atomic E-state index is 0.154. The molecule has 14 nitrogen and oxygen atoms in total. The maximum atomic E-state index is 11.9. The minimum atomic E-state index is -3.66. The van der Waals surface area contributed by atoms with Crippen LogP contribution in [0, 0.1) is 5.92 Å². The number of hydrogen-bond donors (Lipinski definition) is 8. The second kappa shape index (κ2) is 5.18. The third kappa shape index (κ3) is 2.32. The number of aromatic nitrogens is 1. The summed E-state index contributed by atoms with van der Waals surface area (Å²) in [4.78, 5) is 16.2. The first-order valence-corrected chi connectivity index (χ1v) is 6.94. The Morgan fingerprint density at radius 3 is 2.08 bits per heavy atom. The molecule has 1 aromatic heterocycles. The molecule has 3 rings (SSSR count). The number of carbonyl (C=O) groups is 1. The quantitative estimate of drug-likeness (QED) is 0.182. The van der Waals surface area contributed by atoms with Crippen LogP contribution in [-0.2, 0) is 14.2 Å². The third-order valence-corrected chi connectivity index (χ3v) is 4.19. The number of nitrogens with zero attached hydrogens (tertiary/aromatic N) is 1. The molecule has 2 aliphatic heterocycles. The summed E-state index contributed by atoms with van der Waals surface area (Å²) in [7, 11) is 0. The highest BCUT2D eigenvalue weighted by Gasteiger charge is 2.81. The van der Waals surface area contributed by atoms with Crippen LogP contribution in [0.3, 0.4) is 0 Å². The van der Waals surface area contributed by atoms with Gasteiger partial charge in [0.05, 0.1) is 0 Å². The molecule has 8 N–H and O–H groups in total. The summed E-state index contributed by atoms with van der Waals surface area (Å²) in [5, 5.41) is 78.3. The Balaban J connectivity index is 1.90. The molecule has 26 heavy (non-hydrogen) atoms. The molecule has 4 unspecified atom stereocenters. The van der Waals surface area contributed by atoms with Crippen molar-refractivity contribution in [2.45, 2.75) is 36.5 Å². The zero-order valence-electron chi connectivity index (χ0n) is 12.9. The van der Waals surface area contributed by atoms with Crippen molar-refractivity contribution in [3.63, 3.8) is 0 Å². The Bertz CT molecular complexity index is 720. The van der Waals surface area contributed by atoms with E-state index >= 15 is 0 Å². The van der Waals surface area contributed by atoms with Crippen molar-refractivity contribution in [2.75, 3.05) is 0 Å². The highest BCUT2D eigenvalue weighted by molar-refractivity contribution is 5.61. The zero-order valence-corrected chi connectivity index (χ0v) is 12.9. The number of fused-ring (bicyclic) bond motifs is 1. The van der Waals surface area contributed by atoms with Gasteiger partial charge in [-0.15, -0.1) is 4.73 Å². The van der Waals surface area contributed by atoms with Crippen LogP contribution in [0.4, 0.5) is 4.79 Å². The largest absolute Gasteiger partial charge is 0.536 e. The molecule has 0 spiro atoms. The van der Waals surface area contributed by atoms with Gasteiger partial charge in [0.1, 0.15) is 5.92 Å². The van der Waals surface area contributed by atoms with Crippen LogP contribution in [0.5, 0.6) is 11.8 Å². The summed E-state index contributed by atoms with van der Waals surface area (Å²) >= 11 is 0. The van der Waals surface area contributed by atoms with Gasteiger partial charge < -0.3 is 45.6 Å². The Hall–Kier alpha value is -2.17. The van der Waals surface area contributed by atoms with Gasteiger partial charge in [0, 0.05) is 12.1 Å². The summed E-state index contributed by atoms with van der Waals surface area (Å²) in [6.45, 7) is 0.728. The molecular weight excluding hydrogens is 366 g/mol.